The Morgan fingerprint density at radius 3 is 0.794 bits per heavy atom. The summed E-state index contributed by atoms with van der Waals surface area (Å²) in [5, 5.41) is -3.44. The highest BCUT2D eigenvalue weighted by atomic mass is 35.5. The number of fused-ring (bicyclic) bond motifs is 3. The number of aryl methyl sites for hydroxylation is 8. The Hall–Kier alpha value is -9.49. The van der Waals surface area contributed by atoms with E-state index < -0.39 is 162 Å². The monoisotopic (exact) mass is 2010 g/mol. The second kappa shape index (κ2) is 40.4. The van der Waals surface area contributed by atoms with E-state index in [1.54, 1.807) is 201 Å². The van der Waals surface area contributed by atoms with Crippen LogP contribution in [0.5, 0.6) is 0 Å². The van der Waals surface area contributed by atoms with Crippen molar-refractivity contribution in [2.75, 3.05) is 0 Å². The molecule has 0 aromatic heterocycles. The molecule has 6 unspecified atom stereocenters. The molecule has 6 aliphatic rings. The minimum atomic E-state index is -3.97. The van der Waals surface area contributed by atoms with Gasteiger partial charge in [0.25, 0.3) is 0 Å². The SMILES string of the molecule is CCc1ccc([C@@H]2C[C@@H]3C(S(=O)(=O)c4ccccc4C)[C@H](c4ccc(Cl)cc4)CC(=O)[C@@H]3CC2S(=O)(=O)c2ccc(C)cc2)cc1.Cc1ccc(S(=O)(=O)C2C[C@H]3C(=O)C[C@@H](c4cccc(Cl)c4)C(S(=O)(=O)c4ccc(C)cc4)[C@H]3C[C@H]2c2ccc(Cl)cc2)cc1.Cc1ccc([C@@H]2CC(=O)[C@@H]3CC(S(=O)(=O)c4ccc(C)cc4)[C@H](c4ccc(Cl)cc4)C[C@@H]3C2S(=O)(=O)c2ccc(C)cc2)cc1. The Bertz CT molecular complexity index is 7180. The van der Waals surface area contributed by atoms with Crippen LogP contribution in [0.1, 0.15) is 178 Å². The van der Waals surface area contributed by atoms with Gasteiger partial charge in [-0.05, 0) is 271 Å². The summed E-state index contributed by atoms with van der Waals surface area (Å²) < 4.78 is 174. The lowest BCUT2D eigenvalue weighted by atomic mass is 9.61. The molecular formula is C111H110Cl4O15S6. The normalized spacial score (nSPS) is 25.4. The van der Waals surface area contributed by atoms with E-state index in [-0.39, 0.29) is 105 Å². The van der Waals surface area contributed by atoms with Gasteiger partial charge in [0.15, 0.2) is 59.0 Å². The minimum absolute atomic E-state index is 0.0137. The van der Waals surface area contributed by atoms with Crippen LogP contribution in [0, 0.1) is 84.0 Å². The molecule has 0 saturated heterocycles. The lowest BCUT2D eigenvalue weighted by Gasteiger charge is -2.48. The standard InChI is InChI=1S/C38H39ClO5S2.C37H37ClO5S2.C36H34Cl2O5S2/c1-4-26-11-13-27(14-12-26)31-21-34-33(23-37(31)45(41,42)30-19-9-24(2)10-20-30)35(40)22-32(28-15-17-29(39)18-16-28)38(34)46(43,44)36-8-6-5-7-25(36)3;1-23-4-10-27(11-5-23)32-21-35(39)33-22-36(44(40,41)29-16-6-24(2)7-17-29)31(26-12-14-28(38)15-13-26)20-34(33)37(32)45(42,43)30-18-8-25(3)9-19-30;1-22-6-14-28(15-7-22)44(40,41)35-21-32-33(19-30(35)24-10-12-26(37)13-11-24)36(45(42,43)29-16-8-23(2)9-17-29)31(20-34(32)39)25-4-3-5-27(38)18-25/h5-20,31-34,37-38H,4,21-23H2,1-3H3;4-19,31-34,36-37H,20-22H2,1-3H3;3-18,30-33,35-36H,19-21H2,1-2H3/t31-,32-,33+,34-,37?,38?;31-,32-,33+,34-,36?,37?;30-,31-,32+,33-,35?,36?/m000/s1. The first-order chi connectivity index (χ1) is 64.6. The maximum absolute atomic E-state index is 14.8. The molecule has 708 valence electrons. The number of halogens is 4. The summed E-state index contributed by atoms with van der Waals surface area (Å²) in [4.78, 5) is 43.5. The summed E-state index contributed by atoms with van der Waals surface area (Å²) in [6.45, 7) is 15.3. The maximum Gasteiger partial charge on any atom is 0.182 e. The van der Waals surface area contributed by atoms with Crippen molar-refractivity contribution in [3.8, 4) is 0 Å². The first-order valence-electron chi connectivity index (χ1n) is 46.2. The Balaban J connectivity index is 0.000000148. The molecule has 18 rings (SSSR count). The molecule has 0 aliphatic heterocycles. The van der Waals surface area contributed by atoms with Crippen molar-refractivity contribution in [2.45, 2.75) is 216 Å². The average molecular weight is 2020 g/mol. The molecule has 12 aromatic carbocycles. The molecule has 18 atom stereocenters. The topological polar surface area (TPSA) is 256 Å². The number of Topliss-reactive ketones (excluding diaryl/α,β-unsaturated/α-hetero) is 3. The summed E-state index contributed by atoms with van der Waals surface area (Å²) in [7, 11) is -23.5. The van der Waals surface area contributed by atoms with Gasteiger partial charge in [-0.2, -0.15) is 0 Å². The molecule has 6 aliphatic carbocycles. The second-order valence-corrected chi connectivity index (χ2v) is 52.7. The Morgan fingerprint density at radius 1 is 0.243 bits per heavy atom. The summed E-state index contributed by atoms with van der Waals surface area (Å²) in [6, 6.07) is 85.1. The summed E-state index contributed by atoms with van der Waals surface area (Å²) in [5.74, 6) is -7.55. The van der Waals surface area contributed by atoms with Crippen molar-refractivity contribution in [3.63, 3.8) is 0 Å². The van der Waals surface area contributed by atoms with Crippen LogP contribution in [0.2, 0.25) is 20.1 Å². The number of hydrogen-bond donors (Lipinski definition) is 0. The third-order valence-corrected chi connectivity index (χ3v) is 44.7. The van der Waals surface area contributed by atoms with Crippen LogP contribution < -0.4 is 0 Å². The summed E-state index contributed by atoms with van der Waals surface area (Å²) >= 11 is 25.1. The van der Waals surface area contributed by atoms with E-state index in [2.05, 4.69) is 6.92 Å². The number of carbonyl (C=O) groups is 3. The lowest BCUT2D eigenvalue weighted by molar-refractivity contribution is -0.129. The molecule has 12 aromatic rings. The predicted molar refractivity (Wildman–Crippen MR) is 540 cm³/mol. The predicted octanol–water partition coefficient (Wildman–Crippen LogP) is 24.0. The smallest absolute Gasteiger partial charge is 0.182 e. The third kappa shape index (κ3) is 20.3. The van der Waals surface area contributed by atoms with E-state index in [4.69, 9.17) is 46.4 Å². The number of ketones is 3. The van der Waals surface area contributed by atoms with Crippen LogP contribution >= 0.6 is 46.4 Å². The Labute approximate surface area is 821 Å². The molecule has 0 spiro atoms. The molecule has 0 bridgehead atoms. The van der Waals surface area contributed by atoms with E-state index in [1.807, 2.05) is 139 Å². The first-order valence-corrected chi connectivity index (χ1v) is 57.0. The highest BCUT2D eigenvalue weighted by Gasteiger charge is 2.61. The van der Waals surface area contributed by atoms with Crippen molar-refractivity contribution < 1.29 is 64.9 Å². The van der Waals surface area contributed by atoms with Gasteiger partial charge >= 0.3 is 0 Å². The highest BCUT2D eigenvalue weighted by Crippen LogP contribution is 2.59. The number of benzene rings is 12. The fourth-order valence-electron chi connectivity index (χ4n) is 22.7. The molecule has 6 saturated carbocycles. The molecular weight excluding hydrogens is 1910 g/mol. The van der Waals surface area contributed by atoms with E-state index >= 15 is 0 Å². The van der Waals surface area contributed by atoms with Gasteiger partial charge in [-0.3, -0.25) is 14.4 Å². The third-order valence-electron chi connectivity index (χ3n) is 29.8. The van der Waals surface area contributed by atoms with E-state index in [0.29, 0.717) is 31.2 Å². The highest BCUT2D eigenvalue weighted by molar-refractivity contribution is 7.93. The average Bonchev–Trinajstić information content (AvgIpc) is 0.728. The maximum atomic E-state index is 14.8. The fourth-order valence-corrected chi connectivity index (χ4v) is 36.4. The van der Waals surface area contributed by atoms with Gasteiger partial charge in [0.2, 0.25) is 0 Å². The first kappa shape index (κ1) is 99.5. The molecule has 15 nitrogen and oxygen atoms in total. The quantitative estimate of drug-likeness (QED) is 0.0729. The molecule has 25 heteroatoms. The van der Waals surface area contributed by atoms with Crippen molar-refractivity contribution in [1.82, 2.24) is 0 Å². The molecule has 0 radical (unpaired) electrons. The van der Waals surface area contributed by atoms with Crippen LogP contribution in [0.15, 0.2) is 321 Å². The van der Waals surface area contributed by atoms with Gasteiger partial charge in [0, 0.05) is 92.6 Å². The van der Waals surface area contributed by atoms with Gasteiger partial charge in [-0.1, -0.05) is 263 Å². The molecule has 6 fully saturated rings. The van der Waals surface area contributed by atoms with Crippen molar-refractivity contribution in [1.29, 1.82) is 0 Å². The van der Waals surface area contributed by atoms with Crippen LogP contribution in [0.3, 0.4) is 0 Å². The van der Waals surface area contributed by atoms with Crippen LogP contribution in [-0.2, 0) is 79.8 Å². The number of carbonyl (C=O) groups excluding carboxylic acids is 3. The van der Waals surface area contributed by atoms with Crippen molar-refractivity contribution in [2.24, 2.45) is 35.5 Å². The fraction of sp³-hybridized carbons (Fsp3) is 0.324. The Morgan fingerprint density at radius 2 is 0.500 bits per heavy atom. The zero-order valence-electron chi connectivity index (χ0n) is 76.8. The number of rotatable bonds is 19. The van der Waals surface area contributed by atoms with Gasteiger partial charge in [-0.15, -0.1) is 0 Å². The molecule has 0 amide bonds. The molecule has 0 heterocycles. The molecule has 136 heavy (non-hydrogen) atoms. The van der Waals surface area contributed by atoms with Gasteiger partial charge in [0.05, 0.1) is 60.9 Å². The van der Waals surface area contributed by atoms with E-state index in [0.717, 1.165) is 73.2 Å². The van der Waals surface area contributed by atoms with Crippen LogP contribution in [0.4, 0.5) is 0 Å². The summed E-state index contributed by atoms with van der Waals surface area (Å²) in [6.07, 6.45) is 1.78. The zero-order valence-corrected chi connectivity index (χ0v) is 84.7. The zero-order chi connectivity index (χ0) is 97.0. The van der Waals surface area contributed by atoms with Gasteiger partial charge in [0.1, 0.15) is 17.3 Å². The largest absolute Gasteiger partial charge is 0.299 e. The van der Waals surface area contributed by atoms with E-state index in [9.17, 15) is 64.9 Å². The van der Waals surface area contributed by atoms with Gasteiger partial charge < -0.3 is 0 Å². The van der Waals surface area contributed by atoms with Crippen molar-refractivity contribution >= 4 is 123 Å². The second-order valence-electron chi connectivity index (χ2n) is 38.2. The van der Waals surface area contributed by atoms with Crippen LogP contribution in [-0.4, -0.2) is 99.4 Å². The minimum Gasteiger partial charge on any atom is -0.299 e. The van der Waals surface area contributed by atoms with Crippen LogP contribution in [0.25, 0.3) is 0 Å². The Kier molecular flexibility index (Phi) is 29.5. The van der Waals surface area contributed by atoms with E-state index in [1.165, 1.54) is 0 Å². The molecule has 0 N–H and O–H groups in total. The number of sulfone groups is 6. The lowest BCUT2D eigenvalue weighted by Crippen LogP contribution is -2.53. The number of hydrogen-bond acceptors (Lipinski definition) is 15. The van der Waals surface area contributed by atoms with Crippen molar-refractivity contribution in [3.05, 3.63) is 389 Å². The summed E-state index contributed by atoms with van der Waals surface area (Å²) in [5.41, 5.74) is 12.2. The van der Waals surface area contributed by atoms with Gasteiger partial charge in [-0.25, -0.2) is 50.5 Å².